The minimum absolute atomic E-state index is 0.297. The van der Waals surface area contributed by atoms with Gasteiger partial charge >= 0.3 is 6.18 Å². The molecule has 0 bridgehead atoms. The normalized spacial score (nSPS) is 15.8. The Kier molecular flexibility index (Phi) is 3.91. The molecule has 0 aliphatic carbocycles. The third-order valence-electron chi connectivity index (χ3n) is 2.97. The van der Waals surface area contributed by atoms with Gasteiger partial charge in [0, 0.05) is 45.5 Å². The van der Waals surface area contributed by atoms with Gasteiger partial charge in [-0.15, -0.1) is 0 Å². The van der Waals surface area contributed by atoms with Crippen LogP contribution >= 0.6 is 0 Å². The molecule has 1 aromatic heterocycles. The Bertz CT molecular complexity index is 414. The largest absolute Gasteiger partial charge is 0.449 e. The minimum atomic E-state index is -4.40. The van der Waals surface area contributed by atoms with Crippen molar-refractivity contribution in [2.24, 2.45) is 0 Å². The zero-order chi connectivity index (χ0) is 13.2. The molecule has 0 fully saturated rings. The van der Waals surface area contributed by atoms with Crippen LogP contribution in [0.4, 0.5) is 13.2 Å². The molecule has 0 saturated heterocycles. The highest BCUT2D eigenvalue weighted by Crippen LogP contribution is 2.31. The van der Waals surface area contributed by atoms with Crippen molar-refractivity contribution in [3.8, 4) is 0 Å². The van der Waals surface area contributed by atoms with E-state index in [0.29, 0.717) is 50.5 Å². The van der Waals surface area contributed by atoms with Gasteiger partial charge in [0.2, 0.25) is 5.82 Å². The zero-order valence-corrected chi connectivity index (χ0v) is 10.2. The first-order valence-corrected chi connectivity index (χ1v) is 5.89. The molecule has 1 aliphatic heterocycles. The lowest BCUT2D eigenvalue weighted by atomic mass is 10.2. The van der Waals surface area contributed by atoms with Crippen LogP contribution in [0.5, 0.6) is 0 Å². The average Bonchev–Trinajstić information content (AvgIpc) is 2.69. The smallest absolute Gasteiger partial charge is 0.385 e. The van der Waals surface area contributed by atoms with Gasteiger partial charge in [0.25, 0.3) is 0 Å². The Balaban J connectivity index is 2.30. The topological polar surface area (TPSA) is 39.1 Å². The number of rotatable bonds is 4. The van der Waals surface area contributed by atoms with Crippen LogP contribution in [0.2, 0.25) is 0 Å². The predicted octanol–water partition coefficient (Wildman–Crippen LogP) is 1.58. The number of methoxy groups -OCH3 is 1. The van der Waals surface area contributed by atoms with E-state index in [1.807, 2.05) is 0 Å². The molecule has 18 heavy (non-hydrogen) atoms. The number of hydrogen-bond donors (Lipinski definition) is 1. The summed E-state index contributed by atoms with van der Waals surface area (Å²) in [6.45, 7) is 1.85. The maximum Gasteiger partial charge on any atom is 0.449 e. The van der Waals surface area contributed by atoms with Crippen LogP contribution in [0.15, 0.2) is 0 Å². The molecular formula is C11H16F3N3O. The number of nitrogens with zero attached hydrogens (tertiary/aromatic N) is 2. The average molecular weight is 263 g/mol. The molecule has 102 valence electrons. The van der Waals surface area contributed by atoms with Gasteiger partial charge in [0.15, 0.2) is 0 Å². The molecule has 0 saturated carbocycles. The van der Waals surface area contributed by atoms with Crippen LogP contribution in [-0.2, 0) is 30.4 Å². The van der Waals surface area contributed by atoms with Gasteiger partial charge in [0.05, 0.1) is 5.69 Å². The summed E-state index contributed by atoms with van der Waals surface area (Å²) in [5, 5.41) is 3.03. The highest BCUT2D eigenvalue weighted by atomic mass is 19.4. The number of alkyl halides is 3. The summed E-state index contributed by atoms with van der Waals surface area (Å²) in [5.74, 6) is -0.785. The van der Waals surface area contributed by atoms with Gasteiger partial charge in [-0.3, -0.25) is 0 Å². The van der Waals surface area contributed by atoms with Gasteiger partial charge in [-0.2, -0.15) is 13.2 Å². The molecule has 0 spiro atoms. The van der Waals surface area contributed by atoms with Crippen molar-refractivity contribution >= 4 is 0 Å². The van der Waals surface area contributed by atoms with Gasteiger partial charge in [-0.25, -0.2) is 4.98 Å². The van der Waals surface area contributed by atoms with E-state index >= 15 is 0 Å². The highest BCUT2D eigenvalue weighted by Gasteiger charge is 2.38. The summed E-state index contributed by atoms with van der Waals surface area (Å²) in [5.41, 5.74) is 1.23. The number of fused-ring (bicyclic) bond motifs is 1. The molecule has 0 atom stereocenters. The SMILES string of the molecule is COCCCn1c(C(F)(F)F)nc2c1CCNC2. The molecule has 0 amide bonds. The van der Waals surface area contributed by atoms with Crippen LogP contribution < -0.4 is 5.32 Å². The molecule has 0 radical (unpaired) electrons. The van der Waals surface area contributed by atoms with Crippen LogP contribution in [0, 0.1) is 0 Å². The van der Waals surface area contributed by atoms with E-state index in [2.05, 4.69) is 10.3 Å². The lowest BCUT2D eigenvalue weighted by Crippen LogP contribution is -2.25. The Morgan fingerprint density at radius 1 is 1.44 bits per heavy atom. The van der Waals surface area contributed by atoms with Crippen LogP contribution in [0.25, 0.3) is 0 Å². The molecular weight excluding hydrogens is 247 g/mol. The molecule has 4 nitrogen and oxygen atoms in total. The van der Waals surface area contributed by atoms with Crippen molar-refractivity contribution in [3.05, 3.63) is 17.2 Å². The summed E-state index contributed by atoms with van der Waals surface area (Å²) in [6.07, 6.45) is -3.26. The summed E-state index contributed by atoms with van der Waals surface area (Å²) >= 11 is 0. The number of ether oxygens (including phenoxy) is 1. The minimum Gasteiger partial charge on any atom is -0.385 e. The third kappa shape index (κ3) is 2.67. The predicted molar refractivity (Wildman–Crippen MR) is 59.1 cm³/mol. The molecule has 0 aromatic carbocycles. The van der Waals surface area contributed by atoms with Crippen molar-refractivity contribution in [2.45, 2.75) is 32.1 Å². The summed E-state index contributed by atoms with van der Waals surface area (Å²) in [7, 11) is 1.54. The fourth-order valence-electron chi connectivity index (χ4n) is 2.20. The molecule has 1 N–H and O–H groups in total. The van der Waals surface area contributed by atoms with Crippen molar-refractivity contribution in [1.82, 2.24) is 14.9 Å². The summed E-state index contributed by atoms with van der Waals surface area (Å²) in [6, 6.07) is 0. The summed E-state index contributed by atoms with van der Waals surface area (Å²) < 4.78 is 44.9. The maximum atomic E-state index is 12.9. The van der Waals surface area contributed by atoms with Crippen molar-refractivity contribution in [3.63, 3.8) is 0 Å². The second-order valence-corrected chi connectivity index (χ2v) is 4.25. The Morgan fingerprint density at radius 3 is 2.89 bits per heavy atom. The molecule has 7 heteroatoms. The quantitative estimate of drug-likeness (QED) is 0.838. The number of nitrogens with one attached hydrogen (secondary N) is 1. The number of halogens is 3. The van der Waals surface area contributed by atoms with Gasteiger partial charge in [0.1, 0.15) is 0 Å². The Labute approximate surface area is 103 Å². The van der Waals surface area contributed by atoms with Crippen molar-refractivity contribution in [1.29, 1.82) is 0 Å². The van der Waals surface area contributed by atoms with Gasteiger partial charge in [-0.1, -0.05) is 0 Å². The molecule has 2 heterocycles. The van der Waals surface area contributed by atoms with E-state index in [9.17, 15) is 13.2 Å². The second-order valence-electron chi connectivity index (χ2n) is 4.25. The monoisotopic (exact) mass is 263 g/mol. The molecule has 2 rings (SSSR count). The zero-order valence-electron chi connectivity index (χ0n) is 10.2. The maximum absolute atomic E-state index is 12.9. The van der Waals surface area contributed by atoms with Crippen molar-refractivity contribution in [2.75, 3.05) is 20.3 Å². The summed E-state index contributed by atoms with van der Waals surface area (Å²) in [4.78, 5) is 3.74. The second kappa shape index (κ2) is 5.27. The van der Waals surface area contributed by atoms with E-state index in [0.717, 1.165) is 0 Å². The first-order chi connectivity index (χ1) is 8.54. The third-order valence-corrected chi connectivity index (χ3v) is 2.97. The van der Waals surface area contributed by atoms with E-state index in [-0.39, 0.29) is 0 Å². The number of aromatic nitrogens is 2. The van der Waals surface area contributed by atoms with E-state index in [1.165, 1.54) is 11.7 Å². The first-order valence-electron chi connectivity index (χ1n) is 5.89. The van der Waals surface area contributed by atoms with Gasteiger partial charge in [-0.05, 0) is 6.42 Å². The lowest BCUT2D eigenvalue weighted by Gasteiger charge is -2.16. The Hall–Kier alpha value is -1.08. The fourth-order valence-corrected chi connectivity index (χ4v) is 2.20. The van der Waals surface area contributed by atoms with Gasteiger partial charge < -0.3 is 14.6 Å². The van der Waals surface area contributed by atoms with Crippen LogP contribution in [-0.4, -0.2) is 29.8 Å². The van der Waals surface area contributed by atoms with E-state index in [1.54, 1.807) is 0 Å². The van der Waals surface area contributed by atoms with Crippen molar-refractivity contribution < 1.29 is 17.9 Å². The number of hydrogen-bond acceptors (Lipinski definition) is 3. The lowest BCUT2D eigenvalue weighted by molar-refractivity contribution is -0.147. The molecule has 1 aromatic rings. The van der Waals surface area contributed by atoms with E-state index < -0.39 is 12.0 Å². The number of imidazole rings is 1. The first kappa shape index (κ1) is 13.4. The Morgan fingerprint density at radius 2 is 2.22 bits per heavy atom. The van der Waals surface area contributed by atoms with Crippen LogP contribution in [0.1, 0.15) is 23.6 Å². The highest BCUT2D eigenvalue weighted by molar-refractivity contribution is 5.21. The van der Waals surface area contributed by atoms with Crippen LogP contribution in [0.3, 0.4) is 0 Å². The fraction of sp³-hybridized carbons (Fsp3) is 0.727. The van der Waals surface area contributed by atoms with E-state index in [4.69, 9.17) is 4.74 Å². The standard InChI is InChI=1S/C11H16F3N3O/c1-18-6-2-5-17-9-3-4-15-7-8(9)16-10(17)11(12,13)14/h15H,2-7H2,1H3. The molecule has 0 unspecified atom stereocenters. The molecule has 1 aliphatic rings.